The van der Waals surface area contributed by atoms with Crippen molar-refractivity contribution in [2.24, 2.45) is 0 Å². The molecular weight excluding hydrogens is 398 g/mol. The number of fused-ring (bicyclic) bond motifs is 3. The predicted molar refractivity (Wildman–Crippen MR) is 109 cm³/mol. The summed E-state index contributed by atoms with van der Waals surface area (Å²) in [7, 11) is -3.44. The Balaban J connectivity index is 1.98. The summed E-state index contributed by atoms with van der Waals surface area (Å²) in [4.78, 5) is 11.7. The van der Waals surface area contributed by atoms with Gasteiger partial charge in [-0.05, 0) is 42.2 Å². The monoisotopic (exact) mass is 417 g/mol. The molecule has 0 bridgehead atoms. The first-order chi connectivity index (χ1) is 13.3. The van der Waals surface area contributed by atoms with E-state index in [9.17, 15) is 18.3 Å². The second-order valence-electron chi connectivity index (χ2n) is 7.33. The smallest absolute Gasteiger partial charge is 0.304 e. The summed E-state index contributed by atoms with van der Waals surface area (Å²) >= 11 is 6.00. The Labute approximate surface area is 168 Å². The number of carboxylic acid groups (broad SMARTS) is 1. The van der Waals surface area contributed by atoms with Crippen LogP contribution in [0, 0.1) is 0 Å². The Hall–Kier alpha value is -2.31. The maximum Gasteiger partial charge on any atom is 0.304 e. The number of aryl methyl sites for hydroxylation is 1. The van der Waals surface area contributed by atoms with Crippen LogP contribution in [0.5, 0.6) is 0 Å². The molecule has 1 N–H and O–H groups in total. The first-order valence-corrected chi connectivity index (χ1v) is 11.3. The molecule has 0 spiro atoms. The van der Waals surface area contributed by atoms with Gasteiger partial charge in [-0.1, -0.05) is 35.9 Å². The molecule has 7 heteroatoms. The fourth-order valence-electron chi connectivity index (χ4n) is 4.30. The topological polar surface area (TPSA) is 76.4 Å². The van der Waals surface area contributed by atoms with Gasteiger partial charge < -0.3 is 9.67 Å². The van der Waals surface area contributed by atoms with Gasteiger partial charge in [-0.3, -0.25) is 4.79 Å². The molecule has 0 aliphatic heterocycles. The number of carbonyl (C=O) groups is 1. The second-order valence-corrected chi connectivity index (χ2v) is 9.75. The van der Waals surface area contributed by atoms with Gasteiger partial charge >= 0.3 is 5.97 Å². The number of para-hydroxylation sites is 1. The molecule has 1 atom stereocenters. The summed E-state index contributed by atoms with van der Waals surface area (Å²) in [5.41, 5.74) is 3.66. The molecule has 0 amide bonds. The largest absolute Gasteiger partial charge is 0.481 e. The Kier molecular flexibility index (Phi) is 4.71. The zero-order valence-electron chi connectivity index (χ0n) is 15.4. The van der Waals surface area contributed by atoms with E-state index in [0.29, 0.717) is 17.1 Å². The fourth-order valence-corrected chi connectivity index (χ4v) is 5.32. The van der Waals surface area contributed by atoms with E-state index in [-0.39, 0.29) is 17.2 Å². The third kappa shape index (κ3) is 3.31. The van der Waals surface area contributed by atoms with E-state index in [4.69, 9.17) is 11.6 Å². The van der Waals surface area contributed by atoms with Gasteiger partial charge in [0.15, 0.2) is 9.84 Å². The molecule has 2 aromatic carbocycles. The molecule has 0 saturated carbocycles. The predicted octanol–water partition coefficient (Wildman–Crippen LogP) is 4.25. The normalized spacial score (nSPS) is 16.4. The summed E-state index contributed by atoms with van der Waals surface area (Å²) in [5, 5.41) is 10.9. The average Bonchev–Trinajstić information content (AvgIpc) is 3.15. The molecule has 0 radical (unpaired) electrons. The Morgan fingerprint density at radius 3 is 2.57 bits per heavy atom. The van der Waals surface area contributed by atoms with Crippen molar-refractivity contribution in [1.29, 1.82) is 0 Å². The summed E-state index contributed by atoms with van der Waals surface area (Å²) in [5.74, 6) is -0.968. The highest BCUT2D eigenvalue weighted by Gasteiger charge is 2.33. The van der Waals surface area contributed by atoms with Gasteiger partial charge in [0.25, 0.3) is 0 Å². The molecule has 5 nitrogen and oxygen atoms in total. The van der Waals surface area contributed by atoms with Crippen molar-refractivity contribution in [2.75, 3.05) is 6.26 Å². The maximum absolute atomic E-state index is 12.5. The van der Waals surface area contributed by atoms with E-state index in [1.807, 2.05) is 22.8 Å². The van der Waals surface area contributed by atoms with E-state index < -0.39 is 15.8 Å². The first-order valence-electron chi connectivity index (χ1n) is 9.06. The molecule has 1 aromatic heterocycles. The zero-order valence-corrected chi connectivity index (χ0v) is 16.9. The van der Waals surface area contributed by atoms with Gasteiger partial charge in [0.2, 0.25) is 0 Å². The molecule has 3 aromatic rings. The Morgan fingerprint density at radius 2 is 1.93 bits per heavy atom. The lowest BCUT2D eigenvalue weighted by molar-refractivity contribution is -0.137. The van der Waals surface area contributed by atoms with Crippen molar-refractivity contribution < 1.29 is 18.3 Å². The SMILES string of the molecule is CS(=O)(=O)c1cccc2c3c(n(Cc4ccc(Cl)cc4)c12)[C@@H](CC(=O)O)CC3. The molecule has 0 fully saturated rings. The molecular formula is C21H20ClNO4S. The quantitative estimate of drug-likeness (QED) is 0.673. The standard InChI is InChI=1S/C21H20ClNO4S/c1-28(26,27)18-4-2-3-16-17-10-7-14(11-19(24)25)20(17)23(21(16)18)12-13-5-8-15(22)9-6-13/h2-6,8-9,14H,7,10-12H2,1H3,(H,24,25)/t14-/m1/s1. The minimum atomic E-state index is -3.44. The number of benzene rings is 2. The zero-order chi connectivity index (χ0) is 20.1. The van der Waals surface area contributed by atoms with E-state index in [0.717, 1.165) is 35.0 Å². The van der Waals surface area contributed by atoms with Gasteiger partial charge in [-0.25, -0.2) is 8.42 Å². The number of carboxylic acids is 1. The van der Waals surface area contributed by atoms with Crippen LogP contribution >= 0.6 is 11.6 Å². The second kappa shape index (κ2) is 6.94. The van der Waals surface area contributed by atoms with Crippen molar-refractivity contribution in [3.63, 3.8) is 0 Å². The molecule has 146 valence electrons. The van der Waals surface area contributed by atoms with Crippen LogP contribution in [0.15, 0.2) is 47.4 Å². The molecule has 1 aliphatic rings. The van der Waals surface area contributed by atoms with Crippen LogP contribution in [0.2, 0.25) is 5.02 Å². The fraction of sp³-hybridized carbons (Fsp3) is 0.286. The highest BCUT2D eigenvalue weighted by molar-refractivity contribution is 7.91. The van der Waals surface area contributed by atoms with Gasteiger partial charge in [0.1, 0.15) is 0 Å². The highest BCUT2D eigenvalue weighted by Crippen LogP contribution is 2.43. The number of aromatic nitrogens is 1. The van der Waals surface area contributed by atoms with Crippen molar-refractivity contribution in [3.8, 4) is 0 Å². The van der Waals surface area contributed by atoms with Crippen LogP contribution in [0.3, 0.4) is 0 Å². The van der Waals surface area contributed by atoms with Gasteiger partial charge in [-0.2, -0.15) is 0 Å². The van der Waals surface area contributed by atoms with Gasteiger partial charge in [0.05, 0.1) is 16.8 Å². The molecule has 0 saturated heterocycles. The van der Waals surface area contributed by atoms with E-state index in [1.165, 1.54) is 6.26 Å². The first kappa shape index (κ1) is 19.0. The highest BCUT2D eigenvalue weighted by atomic mass is 35.5. The van der Waals surface area contributed by atoms with E-state index in [1.54, 1.807) is 24.3 Å². The number of nitrogens with zero attached hydrogens (tertiary/aromatic N) is 1. The van der Waals surface area contributed by atoms with Gasteiger partial charge in [0, 0.05) is 34.8 Å². The third-order valence-electron chi connectivity index (χ3n) is 5.40. The van der Waals surface area contributed by atoms with Crippen molar-refractivity contribution >= 4 is 38.3 Å². The maximum atomic E-state index is 12.5. The lowest BCUT2D eigenvalue weighted by atomic mass is 10.0. The number of sulfone groups is 1. The van der Waals surface area contributed by atoms with Crippen LogP contribution in [-0.2, 0) is 27.6 Å². The van der Waals surface area contributed by atoms with Gasteiger partial charge in [-0.15, -0.1) is 0 Å². The number of rotatable bonds is 5. The number of aliphatic carboxylic acids is 1. The minimum absolute atomic E-state index is 0.0398. The van der Waals surface area contributed by atoms with Crippen LogP contribution in [-0.4, -0.2) is 30.3 Å². The number of hydrogen-bond acceptors (Lipinski definition) is 3. The molecule has 1 heterocycles. The van der Waals surface area contributed by atoms with E-state index >= 15 is 0 Å². The summed E-state index contributed by atoms with van der Waals surface area (Å²) in [6.07, 6.45) is 2.76. The lowest BCUT2D eigenvalue weighted by Crippen LogP contribution is -2.12. The summed E-state index contributed by atoms with van der Waals surface area (Å²) in [6, 6.07) is 12.7. The van der Waals surface area contributed by atoms with E-state index in [2.05, 4.69) is 0 Å². The molecule has 28 heavy (non-hydrogen) atoms. The molecule has 1 aliphatic carbocycles. The Bertz CT molecular complexity index is 1180. The number of hydrogen-bond donors (Lipinski definition) is 1. The van der Waals surface area contributed by atoms with Crippen molar-refractivity contribution in [3.05, 3.63) is 64.3 Å². The van der Waals surface area contributed by atoms with Crippen molar-refractivity contribution in [1.82, 2.24) is 4.57 Å². The van der Waals surface area contributed by atoms with Crippen LogP contribution < -0.4 is 0 Å². The van der Waals surface area contributed by atoms with Crippen molar-refractivity contribution in [2.45, 2.75) is 36.6 Å². The van der Waals surface area contributed by atoms with Crippen LogP contribution in [0.4, 0.5) is 0 Å². The summed E-state index contributed by atoms with van der Waals surface area (Å²) in [6.45, 7) is 0.464. The molecule has 0 unspecified atom stereocenters. The van der Waals surface area contributed by atoms with Crippen LogP contribution in [0.1, 0.15) is 35.6 Å². The third-order valence-corrected chi connectivity index (χ3v) is 6.78. The molecule has 4 rings (SSSR count). The van der Waals surface area contributed by atoms with Crippen LogP contribution in [0.25, 0.3) is 10.9 Å². The Morgan fingerprint density at radius 1 is 1.21 bits per heavy atom. The summed E-state index contributed by atoms with van der Waals surface area (Å²) < 4.78 is 26.9. The average molecular weight is 418 g/mol. The minimum Gasteiger partial charge on any atom is -0.481 e. The number of halogens is 1. The lowest BCUT2D eigenvalue weighted by Gasteiger charge is -2.17.